The fourth-order valence-corrected chi connectivity index (χ4v) is 1.22. The highest BCUT2D eigenvalue weighted by molar-refractivity contribution is 6.02. The normalized spacial score (nSPS) is 9.81. The monoisotopic (exact) mass is 217 g/mol. The Balaban J connectivity index is 2.06. The van der Waals surface area contributed by atoms with Crippen LogP contribution in [0.4, 0.5) is 11.5 Å². The lowest BCUT2D eigenvalue weighted by atomic mass is 10.3. The van der Waals surface area contributed by atoms with Crippen molar-refractivity contribution in [2.24, 2.45) is 0 Å². The number of nitrogens with zero attached hydrogens (tertiary/aromatic N) is 1. The topological polar surface area (TPSA) is 67.2 Å². The van der Waals surface area contributed by atoms with Crippen molar-refractivity contribution in [3.8, 4) is 0 Å². The SMILES string of the molecule is CNc1ccc(NC(=O)c2ccco2)cn1. The summed E-state index contributed by atoms with van der Waals surface area (Å²) in [4.78, 5) is 15.7. The fraction of sp³-hybridized carbons (Fsp3) is 0.0909. The van der Waals surface area contributed by atoms with E-state index >= 15 is 0 Å². The van der Waals surface area contributed by atoms with Crippen molar-refractivity contribution < 1.29 is 9.21 Å². The average Bonchev–Trinajstić information content (AvgIpc) is 2.83. The molecule has 0 aliphatic carbocycles. The summed E-state index contributed by atoms with van der Waals surface area (Å²) in [6.45, 7) is 0. The summed E-state index contributed by atoms with van der Waals surface area (Å²) in [5, 5.41) is 5.57. The van der Waals surface area contributed by atoms with Gasteiger partial charge in [0.15, 0.2) is 5.76 Å². The number of hydrogen-bond donors (Lipinski definition) is 2. The Bertz CT molecular complexity index is 462. The first-order chi connectivity index (χ1) is 7.79. The standard InChI is InChI=1S/C11H11N3O2/c1-12-10-5-4-8(7-13-10)14-11(15)9-3-2-6-16-9/h2-7H,1H3,(H,12,13)(H,14,15). The zero-order valence-corrected chi connectivity index (χ0v) is 8.73. The summed E-state index contributed by atoms with van der Waals surface area (Å²) >= 11 is 0. The summed E-state index contributed by atoms with van der Waals surface area (Å²) in [7, 11) is 1.78. The lowest BCUT2D eigenvalue weighted by Crippen LogP contribution is -2.11. The second-order valence-electron chi connectivity index (χ2n) is 3.11. The molecule has 0 spiro atoms. The first-order valence-electron chi connectivity index (χ1n) is 4.78. The van der Waals surface area contributed by atoms with E-state index in [2.05, 4.69) is 15.6 Å². The number of pyridine rings is 1. The van der Waals surface area contributed by atoms with E-state index in [-0.39, 0.29) is 11.7 Å². The van der Waals surface area contributed by atoms with E-state index in [9.17, 15) is 4.79 Å². The quantitative estimate of drug-likeness (QED) is 0.824. The molecule has 5 nitrogen and oxygen atoms in total. The van der Waals surface area contributed by atoms with Crippen LogP contribution in [0.5, 0.6) is 0 Å². The van der Waals surface area contributed by atoms with Gasteiger partial charge in [0, 0.05) is 7.05 Å². The van der Waals surface area contributed by atoms with Gasteiger partial charge < -0.3 is 15.1 Å². The largest absolute Gasteiger partial charge is 0.459 e. The van der Waals surface area contributed by atoms with E-state index in [1.54, 1.807) is 37.5 Å². The minimum absolute atomic E-state index is 0.276. The zero-order chi connectivity index (χ0) is 11.4. The summed E-state index contributed by atoms with van der Waals surface area (Å²) in [5.74, 6) is 0.734. The minimum atomic E-state index is -0.288. The van der Waals surface area contributed by atoms with Gasteiger partial charge in [-0.2, -0.15) is 0 Å². The summed E-state index contributed by atoms with van der Waals surface area (Å²) in [6, 6.07) is 6.80. The van der Waals surface area contributed by atoms with Gasteiger partial charge in [-0.3, -0.25) is 4.79 Å². The van der Waals surface area contributed by atoms with Gasteiger partial charge in [-0.15, -0.1) is 0 Å². The number of rotatable bonds is 3. The molecular formula is C11H11N3O2. The molecule has 0 unspecified atom stereocenters. The molecule has 0 radical (unpaired) electrons. The number of anilines is 2. The van der Waals surface area contributed by atoms with Crippen LogP contribution in [0.3, 0.4) is 0 Å². The van der Waals surface area contributed by atoms with Gasteiger partial charge >= 0.3 is 0 Å². The van der Waals surface area contributed by atoms with Crippen molar-refractivity contribution in [1.82, 2.24) is 4.98 Å². The van der Waals surface area contributed by atoms with Crippen LogP contribution in [0.15, 0.2) is 41.1 Å². The Morgan fingerprint density at radius 1 is 1.38 bits per heavy atom. The van der Waals surface area contributed by atoms with E-state index < -0.39 is 0 Å². The smallest absolute Gasteiger partial charge is 0.291 e. The van der Waals surface area contributed by atoms with Crippen molar-refractivity contribution in [3.05, 3.63) is 42.5 Å². The van der Waals surface area contributed by atoms with E-state index in [0.29, 0.717) is 5.69 Å². The predicted octanol–water partition coefficient (Wildman–Crippen LogP) is 1.97. The number of amides is 1. The van der Waals surface area contributed by atoms with Crippen molar-refractivity contribution in [1.29, 1.82) is 0 Å². The van der Waals surface area contributed by atoms with Gasteiger partial charge in [-0.05, 0) is 24.3 Å². The van der Waals surface area contributed by atoms with Gasteiger partial charge in [0.05, 0.1) is 18.1 Å². The fourth-order valence-electron chi connectivity index (χ4n) is 1.22. The lowest BCUT2D eigenvalue weighted by Gasteiger charge is -2.03. The third-order valence-electron chi connectivity index (χ3n) is 2.02. The van der Waals surface area contributed by atoms with Gasteiger partial charge in [-0.25, -0.2) is 4.98 Å². The van der Waals surface area contributed by atoms with Crippen LogP contribution >= 0.6 is 0 Å². The summed E-state index contributed by atoms with van der Waals surface area (Å²) in [6.07, 6.45) is 3.03. The molecule has 2 heterocycles. The van der Waals surface area contributed by atoms with Crippen molar-refractivity contribution in [2.75, 3.05) is 17.7 Å². The van der Waals surface area contributed by atoms with E-state index in [1.807, 2.05) is 0 Å². The number of furan rings is 1. The average molecular weight is 217 g/mol. The number of aromatic nitrogens is 1. The minimum Gasteiger partial charge on any atom is -0.459 e. The Kier molecular flexibility index (Phi) is 2.86. The number of nitrogens with one attached hydrogen (secondary N) is 2. The highest BCUT2D eigenvalue weighted by Gasteiger charge is 2.08. The zero-order valence-electron chi connectivity index (χ0n) is 8.73. The molecule has 0 aliphatic heterocycles. The van der Waals surface area contributed by atoms with Crippen molar-refractivity contribution in [3.63, 3.8) is 0 Å². The second-order valence-corrected chi connectivity index (χ2v) is 3.11. The van der Waals surface area contributed by atoms with Crippen molar-refractivity contribution >= 4 is 17.4 Å². The molecule has 82 valence electrons. The van der Waals surface area contributed by atoms with E-state index in [4.69, 9.17) is 4.42 Å². The Hall–Kier alpha value is -2.30. The molecule has 16 heavy (non-hydrogen) atoms. The highest BCUT2D eigenvalue weighted by Crippen LogP contribution is 2.11. The van der Waals surface area contributed by atoms with Gasteiger partial charge in [0.1, 0.15) is 5.82 Å². The molecule has 0 saturated heterocycles. The van der Waals surface area contributed by atoms with Crippen LogP contribution in [0.25, 0.3) is 0 Å². The molecule has 2 aromatic heterocycles. The first-order valence-corrected chi connectivity index (χ1v) is 4.78. The molecular weight excluding hydrogens is 206 g/mol. The summed E-state index contributed by atoms with van der Waals surface area (Å²) in [5.41, 5.74) is 0.625. The second kappa shape index (κ2) is 4.48. The third kappa shape index (κ3) is 2.20. The maximum atomic E-state index is 11.6. The Morgan fingerprint density at radius 2 is 2.25 bits per heavy atom. The highest BCUT2D eigenvalue weighted by atomic mass is 16.3. The van der Waals surface area contributed by atoms with Crippen LogP contribution in [-0.2, 0) is 0 Å². The van der Waals surface area contributed by atoms with E-state index in [0.717, 1.165) is 5.82 Å². The van der Waals surface area contributed by atoms with Gasteiger partial charge in [0.25, 0.3) is 5.91 Å². The van der Waals surface area contributed by atoms with Gasteiger partial charge in [-0.1, -0.05) is 0 Å². The molecule has 2 rings (SSSR count). The van der Waals surface area contributed by atoms with Crippen LogP contribution in [0.2, 0.25) is 0 Å². The molecule has 0 aliphatic rings. The molecule has 0 saturated carbocycles. The maximum Gasteiger partial charge on any atom is 0.291 e. The first kappa shape index (κ1) is 10.2. The Morgan fingerprint density at radius 3 is 2.81 bits per heavy atom. The molecule has 5 heteroatoms. The van der Waals surface area contributed by atoms with Gasteiger partial charge in [0.2, 0.25) is 0 Å². The Labute approximate surface area is 92.5 Å². The molecule has 0 atom stereocenters. The molecule has 0 aromatic carbocycles. The number of carbonyl (C=O) groups is 1. The predicted molar refractivity (Wildman–Crippen MR) is 60.4 cm³/mol. The molecule has 2 N–H and O–H groups in total. The van der Waals surface area contributed by atoms with Crippen molar-refractivity contribution in [2.45, 2.75) is 0 Å². The van der Waals surface area contributed by atoms with Crippen LogP contribution in [-0.4, -0.2) is 17.9 Å². The molecule has 0 bridgehead atoms. The number of hydrogen-bond acceptors (Lipinski definition) is 4. The third-order valence-corrected chi connectivity index (χ3v) is 2.02. The molecule has 0 fully saturated rings. The van der Waals surface area contributed by atoms with Crippen LogP contribution in [0.1, 0.15) is 10.6 Å². The maximum absolute atomic E-state index is 11.6. The van der Waals surface area contributed by atoms with E-state index in [1.165, 1.54) is 6.26 Å². The number of carbonyl (C=O) groups excluding carboxylic acids is 1. The molecule has 1 amide bonds. The van der Waals surface area contributed by atoms with Crippen LogP contribution < -0.4 is 10.6 Å². The lowest BCUT2D eigenvalue weighted by molar-refractivity contribution is 0.0996. The molecule has 2 aromatic rings. The van der Waals surface area contributed by atoms with Crippen LogP contribution in [0, 0.1) is 0 Å². The summed E-state index contributed by atoms with van der Waals surface area (Å²) < 4.78 is 4.97.